The first kappa shape index (κ1) is 15.6. The van der Waals surface area contributed by atoms with E-state index in [1.54, 1.807) is 18.3 Å². The van der Waals surface area contributed by atoms with Crippen LogP contribution in [-0.2, 0) is 4.79 Å². The largest absolute Gasteiger partial charge is 0.343 e. The summed E-state index contributed by atoms with van der Waals surface area (Å²) in [6, 6.07) is 12.4. The minimum atomic E-state index is -0.458. The molecule has 4 nitrogen and oxygen atoms in total. The van der Waals surface area contributed by atoms with Crippen molar-refractivity contribution in [1.82, 2.24) is 10.3 Å². The molecule has 1 aromatic carbocycles. The van der Waals surface area contributed by atoms with Gasteiger partial charge in [-0.2, -0.15) is 0 Å². The van der Waals surface area contributed by atoms with Crippen LogP contribution in [0.15, 0.2) is 48.7 Å². The van der Waals surface area contributed by atoms with Gasteiger partial charge in [-0.15, -0.1) is 0 Å². The van der Waals surface area contributed by atoms with E-state index in [1.807, 2.05) is 49.4 Å². The lowest BCUT2D eigenvalue weighted by Crippen LogP contribution is -2.35. The van der Waals surface area contributed by atoms with Gasteiger partial charge in [-0.05, 0) is 36.3 Å². The summed E-state index contributed by atoms with van der Waals surface area (Å²) < 4.78 is 0. The van der Waals surface area contributed by atoms with E-state index in [0.717, 1.165) is 17.5 Å². The number of hydrogen-bond donors (Lipinski definition) is 1. The fraction of sp³-hybridized carbons (Fsp3) is 0.167. The molecule has 0 radical (unpaired) electrons. The van der Waals surface area contributed by atoms with E-state index in [-0.39, 0.29) is 5.91 Å². The minimum Gasteiger partial charge on any atom is -0.343 e. The molecule has 2 rings (SSSR count). The van der Waals surface area contributed by atoms with Crippen LogP contribution in [0.1, 0.15) is 35.0 Å². The number of hydrogen-bond acceptors (Lipinski definition) is 3. The Morgan fingerprint density at radius 2 is 1.95 bits per heavy atom. The van der Waals surface area contributed by atoms with Gasteiger partial charge in [0, 0.05) is 11.8 Å². The van der Waals surface area contributed by atoms with Crippen molar-refractivity contribution in [2.45, 2.75) is 19.4 Å². The van der Waals surface area contributed by atoms with Crippen LogP contribution in [0.25, 0.3) is 12.2 Å². The number of carbonyl (C=O) groups excluding carboxylic acids is 2. The summed E-state index contributed by atoms with van der Waals surface area (Å²) in [5, 5.41) is 2.71. The molecule has 0 aliphatic carbocycles. The summed E-state index contributed by atoms with van der Waals surface area (Å²) >= 11 is 0. The van der Waals surface area contributed by atoms with E-state index in [9.17, 15) is 9.59 Å². The van der Waals surface area contributed by atoms with Crippen LogP contribution in [0.3, 0.4) is 0 Å². The van der Waals surface area contributed by atoms with Gasteiger partial charge in [0.15, 0.2) is 0 Å². The van der Waals surface area contributed by atoms with Crippen molar-refractivity contribution in [1.29, 1.82) is 0 Å². The number of pyridine rings is 1. The first-order chi connectivity index (χ1) is 10.7. The number of carbonyl (C=O) groups is 2. The number of amides is 1. The lowest BCUT2D eigenvalue weighted by molar-refractivity contribution is -0.109. The van der Waals surface area contributed by atoms with Crippen molar-refractivity contribution in [3.8, 4) is 0 Å². The Morgan fingerprint density at radius 1 is 1.18 bits per heavy atom. The normalized spacial score (nSPS) is 12.0. The third kappa shape index (κ3) is 4.12. The van der Waals surface area contributed by atoms with Crippen molar-refractivity contribution in [2.75, 3.05) is 0 Å². The third-order valence-electron chi connectivity index (χ3n) is 3.25. The predicted octanol–water partition coefficient (Wildman–Crippen LogP) is 2.96. The Morgan fingerprint density at radius 3 is 2.64 bits per heavy atom. The van der Waals surface area contributed by atoms with Gasteiger partial charge in [-0.1, -0.05) is 37.3 Å². The number of benzene rings is 1. The monoisotopic (exact) mass is 294 g/mol. The number of nitrogens with zero attached hydrogens (tertiary/aromatic N) is 1. The zero-order valence-corrected chi connectivity index (χ0v) is 12.4. The number of rotatable bonds is 6. The van der Waals surface area contributed by atoms with Gasteiger partial charge in [-0.25, -0.2) is 0 Å². The first-order valence-corrected chi connectivity index (χ1v) is 7.19. The molecule has 0 saturated heterocycles. The SMILES string of the molecule is CCC(C=O)NC(=O)c1ccccc1C=Cc1ccccn1. The smallest absolute Gasteiger partial charge is 0.252 e. The zero-order chi connectivity index (χ0) is 15.8. The highest BCUT2D eigenvalue weighted by atomic mass is 16.2. The molecule has 22 heavy (non-hydrogen) atoms. The van der Waals surface area contributed by atoms with Crippen LogP contribution in [-0.4, -0.2) is 23.2 Å². The second-order valence-electron chi connectivity index (χ2n) is 4.80. The minimum absolute atomic E-state index is 0.250. The van der Waals surface area contributed by atoms with E-state index in [2.05, 4.69) is 10.3 Å². The van der Waals surface area contributed by atoms with E-state index < -0.39 is 6.04 Å². The summed E-state index contributed by atoms with van der Waals surface area (Å²) in [4.78, 5) is 27.4. The Balaban J connectivity index is 2.21. The summed E-state index contributed by atoms with van der Waals surface area (Å²) in [5.74, 6) is -0.250. The van der Waals surface area contributed by atoms with Gasteiger partial charge in [0.2, 0.25) is 0 Å². The molecule has 1 N–H and O–H groups in total. The number of nitrogens with one attached hydrogen (secondary N) is 1. The molecule has 0 bridgehead atoms. The lowest BCUT2D eigenvalue weighted by atomic mass is 10.1. The summed E-state index contributed by atoms with van der Waals surface area (Å²) in [6.07, 6.45) is 6.74. The fourth-order valence-corrected chi connectivity index (χ4v) is 1.98. The average Bonchev–Trinajstić information content (AvgIpc) is 2.58. The van der Waals surface area contributed by atoms with Crippen molar-refractivity contribution in [2.24, 2.45) is 0 Å². The van der Waals surface area contributed by atoms with Crippen molar-refractivity contribution < 1.29 is 9.59 Å². The first-order valence-electron chi connectivity index (χ1n) is 7.19. The topological polar surface area (TPSA) is 59.1 Å². The molecule has 4 heteroatoms. The molecular weight excluding hydrogens is 276 g/mol. The maximum Gasteiger partial charge on any atom is 0.252 e. The molecule has 0 saturated carbocycles. The Kier molecular flexibility index (Phi) is 5.60. The van der Waals surface area contributed by atoms with Crippen LogP contribution >= 0.6 is 0 Å². The maximum absolute atomic E-state index is 12.3. The van der Waals surface area contributed by atoms with E-state index >= 15 is 0 Å². The maximum atomic E-state index is 12.3. The van der Waals surface area contributed by atoms with Crippen molar-refractivity contribution >= 4 is 24.3 Å². The molecule has 2 aromatic rings. The Labute approximate surface area is 129 Å². The summed E-state index contributed by atoms with van der Waals surface area (Å²) in [5.41, 5.74) is 2.14. The second-order valence-corrected chi connectivity index (χ2v) is 4.80. The van der Waals surface area contributed by atoms with E-state index in [0.29, 0.717) is 12.0 Å². The molecule has 1 amide bonds. The van der Waals surface area contributed by atoms with E-state index in [4.69, 9.17) is 0 Å². The summed E-state index contributed by atoms with van der Waals surface area (Å²) in [6.45, 7) is 1.85. The van der Waals surface area contributed by atoms with Crippen LogP contribution < -0.4 is 5.32 Å². The molecule has 0 aliphatic rings. The quantitative estimate of drug-likeness (QED) is 0.833. The molecule has 0 aliphatic heterocycles. The van der Waals surface area contributed by atoms with E-state index in [1.165, 1.54) is 0 Å². The highest BCUT2D eigenvalue weighted by Gasteiger charge is 2.13. The number of aromatic nitrogens is 1. The zero-order valence-electron chi connectivity index (χ0n) is 12.4. The van der Waals surface area contributed by atoms with Gasteiger partial charge < -0.3 is 10.1 Å². The van der Waals surface area contributed by atoms with Crippen LogP contribution in [0.5, 0.6) is 0 Å². The average molecular weight is 294 g/mol. The third-order valence-corrected chi connectivity index (χ3v) is 3.25. The fourth-order valence-electron chi connectivity index (χ4n) is 1.98. The van der Waals surface area contributed by atoms with Gasteiger partial charge in [0.25, 0.3) is 5.91 Å². The second kappa shape index (κ2) is 7.88. The van der Waals surface area contributed by atoms with Gasteiger partial charge in [0.1, 0.15) is 6.29 Å². The highest BCUT2D eigenvalue weighted by Crippen LogP contribution is 2.13. The van der Waals surface area contributed by atoms with Crippen molar-refractivity contribution in [3.63, 3.8) is 0 Å². The molecule has 1 aromatic heterocycles. The highest BCUT2D eigenvalue weighted by molar-refractivity contribution is 5.99. The predicted molar refractivity (Wildman–Crippen MR) is 87.2 cm³/mol. The standard InChI is InChI=1S/C18H18N2O2/c1-2-15(13-21)20-18(22)17-9-4-3-7-14(17)10-11-16-8-5-6-12-19-16/h3-13,15H,2H2,1H3,(H,20,22). The van der Waals surface area contributed by atoms with Crippen molar-refractivity contribution in [3.05, 3.63) is 65.5 Å². The molecule has 0 fully saturated rings. The summed E-state index contributed by atoms with van der Waals surface area (Å²) in [7, 11) is 0. The molecule has 0 spiro atoms. The van der Waals surface area contributed by atoms with Crippen LogP contribution in [0.2, 0.25) is 0 Å². The molecule has 1 heterocycles. The molecule has 112 valence electrons. The Bertz CT molecular complexity index is 666. The van der Waals surface area contributed by atoms with Gasteiger partial charge >= 0.3 is 0 Å². The molecule has 1 atom stereocenters. The molecular formula is C18H18N2O2. The van der Waals surface area contributed by atoms with Crippen LogP contribution in [0.4, 0.5) is 0 Å². The number of aldehydes is 1. The van der Waals surface area contributed by atoms with Crippen LogP contribution in [0, 0.1) is 0 Å². The lowest BCUT2D eigenvalue weighted by Gasteiger charge is -2.11. The molecule has 1 unspecified atom stereocenters. The van der Waals surface area contributed by atoms with Gasteiger partial charge in [-0.3, -0.25) is 9.78 Å². The Hall–Kier alpha value is -2.75. The van der Waals surface area contributed by atoms with Gasteiger partial charge in [0.05, 0.1) is 11.7 Å².